The molecule has 0 atom stereocenters. The Hall–Kier alpha value is -1.85. The zero-order valence-corrected chi connectivity index (χ0v) is 7.06. The van der Waals surface area contributed by atoms with Gasteiger partial charge in [-0.15, -0.1) is 0 Å². The summed E-state index contributed by atoms with van der Waals surface area (Å²) in [5.74, 6) is 0.191. The Kier molecular flexibility index (Phi) is 2.63. The van der Waals surface area contributed by atoms with Crippen molar-refractivity contribution in [2.75, 3.05) is 11.9 Å². The van der Waals surface area contributed by atoms with E-state index in [1.165, 1.54) is 6.07 Å². The van der Waals surface area contributed by atoms with Crippen molar-refractivity contribution in [2.45, 2.75) is 6.92 Å². The molecule has 70 valence electrons. The van der Waals surface area contributed by atoms with E-state index >= 15 is 0 Å². The van der Waals surface area contributed by atoms with Crippen LogP contribution in [-0.4, -0.2) is 11.5 Å². The maximum atomic E-state index is 11.0. The SMILES string of the molecule is CCNc1cc([N+](=O)[O-])cc[n+]1[O-]. The van der Waals surface area contributed by atoms with Crippen molar-refractivity contribution in [2.24, 2.45) is 0 Å². The number of nitrogens with zero attached hydrogens (tertiary/aromatic N) is 2. The number of aromatic nitrogens is 1. The van der Waals surface area contributed by atoms with Crippen LogP contribution in [0.4, 0.5) is 11.5 Å². The first-order chi connectivity index (χ1) is 6.15. The molecule has 1 heterocycles. The third kappa shape index (κ3) is 2.05. The van der Waals surface area contributed by atoms with Crippen molar-refractivity contribution in [1.82, 2.24) is 0 Å². The average Bonchev–Trinajstić information content (AvgIpc) is 2.08. The second kappa shape index (κ2) is 3.70. The van der Waals surface area contributed by atoms with Crippen LogP contribution in [0.1, 0.15) is 6.92 Å². The van der Waals surface area contributed by atoms with E-state index in [0.29, 0.717) is 11.3 Å². The molecule has 1 N–H and O–H groups in total. The topological polar surface area (TPSA) is 82.1 Å². The van der Waals surface area contributed by atoms with Crippen LogP contribution in [-0.2, 0) is 0 Å². The molecule has 0 aliphatic heterocycles. The van der Waals surface area contributed by atoms with Gasteiger partial charge in [-0.1, -0.05) is 0 Å². The van der Waals surface area contributed by atoms with E-state index in [2.05, 4.69) is 5.32 Å². The molecule has 6 nitrogen and oxygen atoms in total. The molecule has 1 aromatic rings. The molecule has 0 saturated heterocycles. The minimum Gasteiger partial charge on any atom is -0.711 e. The van der Waals surface area contributed by atoms with E-state index in [1.807, 2.05) is 0 Å². The van der Waals surface area contributed by atoms with Gasteiger partial charge < -0.3 is 5.21 Å². The Morgan fingerprint density at radius 3 is 2.92 bits per heavy atom. The number of nitrogens with one attached hydrogen (secondary N) is 1. The number of hydrogen-bond donors (Lipinski definition) is 1. The lowest BCUT2D eigenvalue weighted by Gasteiger charge is -2.06. The van der Waals surface area contributed by atoms with E-state index in [4.69, 9.17) is 0 Å². The van der Waals surface area contributed by atoms with Gasteiger partial charge in [0, 0.05) is 0 Å². The van der Waals surface area contributed by atoms with Gasteiger partial charge in [0.2, 0.25) is 0 Å². The molecule has 0 spiro atoms. The molecular formula is C7H9N3O3. The molecular weight excluding hydrogens is 174 g/mol. The van der Waals surface area contributed by atoms with E-state index in [0.717, 1.165) is 12.3 Å². The first-order valence-electron chi connectivity index (χ1n) is 3.76. The van der Waals surface area contributed by atoms with Crippen molar-refractivity contribution >= 4 is 11.5 Å². The average molecular weight is 183 g/mol. The van der Waals surface area contributed by atoms with Gasteiger partial charge in [-0.2, -0.15) is 0 Å². The monoisotopic (exact) mass is 183 g/mol. The lowest BCUT2D eigenvalue weighted by molar-refractivity contribution is -0.591. The zero-order chi connectivity index (χ0) is 9.84. The van der Waals surface area contributed by atoms with Crippen LogP contribution in [0.3, 0.4) is 0 Å². The molecule has 0 unspecified atom stereocenters. The first-order valence-corrected chi connectivity index (χ1v) is 3.76. The van der Waals surface area contributed by atoms with Crippen LogP contribution in [0.25, 0.3) is 0 Å². The summed E-state index contributed by atoms with van der Waals surface area (Å²) in [5, 5.41) is 24.1. The fourth-order valence-corrected chi connectivity index (χ4v) is 0.900. The lowest BCUT2D eigenvalue weighted by Crippen LogP contribution is -2.30. The largest absolute Gasteiger partial charge is 0.711 e. The van der Waals surface area contributed by atoms with Gasteiger partial charge in [-0.05, 0) is 6.92 Å². The summed E-state index contributed by atoms with van der Waals surface area (Å²) >= 11 is 0. The first kappa shape index (κ1) is 9.24. The van der Waals surface area contributed by atoms with Gasteiger partial charge in [0.05, 0.1) is 17.5 Å². The van der Waals surface area contributed by atoms with E-state index in [9.17, 15) is 15.3 Å². The summed E-state index contributed by atoms with van der Waals surface area (Å²) in [4.78, 5) is 9.79. The second-order valence-corrected chi connectivity index (χ2v) is 2.38. The third-order valence-corrected chi connectivity index (χ3v) is 1.47. The highest BCUT2D eigenvalue weighted by Crippen LogP contribution is 2.12. The summed E-state index contributed by atoms with van der Waals surface area (Å²) in [6.45, 7) is 2.35. The van der Waals surface area contributed by atoms with Crippen molar-refractivity contribution in [3.05, 3.63) is 33.7 Å². The molecule has 0 saturated carbocycles. The highest BCUT2D eigenvalue weighted by atomic mass is 16.6. The molecule has 0 aromatic carbocycles. The van der Waals surface area contributed by atoms with Crippen molar-refractivity contribution in [3.8, 4) is 0 Å². The molecule has 0 amide bonds. The standard InChI is InChI=1S/C7H9N3O3/c1-2-8-7-5-6(10(12)13)3-4-9(7)11/h3-5,8H,2H2,1H3. The Labute approximate surface area is 74.5 Å². The van der Waals surface area contributed by atoms with Gasteiger partial charge >= 0.3 is 0 Å². The van der Waals surface area contributed by atoms with Crippen LogP contribution < -0.4 is 10.0 Å². The van der Waals surface area contributed by atoms with Crippen molar-refractivity contribution < 1.29 is 9.65 Å². The molecule has 0 radical (unpaired) electrons. The Morgan fingerprint density at radius 1 is 1.69 bits per heavy atom. The number of hydrogen-bond acceptors (Lipinski definition) is 4. The van der Waals surface area contributed by atoms with Gasteiger partial charge in [-0.25, -0.2) is 4.73 Å². The lowest BCUT2D eigenvalue weighted by atomic mass is 10.4. The Morgan fingerprint density at radius 2 is 2.38 bits per heavy atom. The molecule has 1 rings (SSSR count). The Bertz CT molecular complexity index is 327. The second-order valence-electron chi connectivity index (χ2n) is 2.38. The molecule has 13 heavy (non-hydrogen) atoms. The summed E-state index contributed by atoms with van der Waals surface area (Å²) in [5.41, 5.74) is -0.0944. The summed E-state index contributed by atoms with van der Waals surface area (Å²) in [6, 6.07) is 2.37. The highest BCUT2D eigenvalue weighted by molar-refractivity contribution is 5.40. The van der Waals surface area contributed by atoms with Crippen molar-refractivity contribution in [3.63, 3.8) is 0 Å². The predicted octanol–water partition coefficient (Wildman–Crippen LogP) is 0.660. The van der Waals surface area contributed by atoms with E-state index in [-0.39, 0.29) is 11.5 Å². The molecule has 0 aliphatic carbocycles. The molecule has 1 aromatic heterocycles. The number of pyridine rings is 1. The molecule has 0 fully saturated rings. The third-order valence-electron chi connectivity index (χ3n) is 1.47. The minimum absolute atomic E-state index is 0.0944. The maximum absolute atomic E-state index is 11.0. The molecule has 0 bridgehead atoms. The highest BCUT2D eigenvalue weighted by Gasteiger charge is 2.11. The molecule has 6 heteroatoms. The summed E-state index contributed by atoms with van der Waals surface area (Å²) in [6.07, 6.45) is 1.11. The summed E-state index contributed by atoms with van der Waals surface area (Å²) in [7, 11) is 0. The van der Waals surface area contributed by atoms with Crippen LogP contribution >= 0.6 is 0 Å². The maximum Gasteiger partial charge on any atom is 0.284 e. The van der Waals surface area contributed by atoms with Crippen molar-refractivity contribution in [1.29, 1.82) is 0 Å². The van der Waals surface area contributed by atoms with Crippen LogP contribution in [0.5, 0.6) is 0 Å². The van der Waals surface area contributed by atoms with Gasteiger partial charge in [0.15, 0.2) is 0 Å². The zero-order valence-electron chi connectivity index (χ0n) is 7.06. The van der Waals surface area contributed by atoms with E-state index < -0.39 is 4.92 Å². The quantitative estimate of drug-likeness (QED) is 0.323. The number of nitro groups is 1. The minimum atomic E-state index is -0.541. The van der Waals surface area contributed by atoms with Gasteiger partial charge in [0.25, 0.3) is 11.5 Å². The smallest absolute Gasteiger partial charge is 0.284 e. The van der Waals surface area contributed by atoms with Gasteiger partial charge in [-0.3, -0.25) is 15.4 Å². The fourth-order valence-electron chi connectivity index (χ4n) is 0.900. The predicted molar refractivity (Wildman–Crippen MR) is 46.2 cm³/mol. The fraction of sp³-hybridized carbons (Fsp3) is 0.286. The number of rotatable bonds is 3. The van der Waals surface area contributed by atoms with Gasteiger partial charge in [0.1, 0.15) is 12.3 Å². The normalized spacial score (nSPS) is 9.62. The van der Waals surface area contributed by atoms with Crippen LogP contribution in [0, 0.1) is 15.3 Å². The summed E-state index contributed by atoms with van der Waals surface area (Å²) < 4.78 is 0.552. The van der Waals surface area contributed by atoms with E-state index in [1.54, 1.807) is 6.92 Å². The number of anilines is 1. The molecule has 0 aliphatic rings. The Balaban J connectivity index is 3.03. The van der Waals surface area contributed by atoms with Crippen LogP contribution in [0.15, 0.2) is 18.3 Å². The van der Waals surface area contributed by atoms with Crippen LogP contribution in [0.2, 0.25) is 0 Å².